The van der Waals surface area contributed by atoms with Crippen LogP contribution < -0.4 is 9.64 Å². The Bertz CT molecular complexity index is 820. The fourth-order valence-corrected chi connectivity index (χ4v) is 3.82. The van der Waals surface area contributed by atoms with Gasteiger partial charge in [0, 0.05) is 0 Å². The standard InChI is InChI=1S/C21H19NO4/c23-19-17-8-4-5-9-18(17)20(24)22(19)15-10-12-16(13-11-15)26-21(25)14-6-2-1-3-7-14/h1-3,6-7,10-13,17-18H,4-5,8-9H2/t17-,18-/m1/s1. The summed E-state index contributed by atoms with van der Waals surface area (Å²) in [6, 6.07) is 15.2. The molecule has 0 radical (unpaired) electrons. The number of ether oxygens (including phenoxy) is 1. The van der Waals surface area contributed by atoms with Crippen molar-refractivity contribution in [1.82, 2.24) is 0 Å². The Morgan fingerprint density at radius 1 is 0.846 bits per heavy atom. The average Bonchev–Trinajstić information content (AvgIpc) is 2.94. The predicted octanol–water partition coefficient (Wildman–Crippen LogP) is 3.59. The van der Waals surface area contributed by atoms with Gasteiger partial charge in [-0.2, -0.15) is 0 Å². The molecule has 2 atom stereocenters. The molecule has 0 unspecified atom stereocenters. The number of benzene rings is 2. The highest BCUT2D eigenvalue weighted by atomic mass is 16.5. The molecule has 1 aliphatic heterocycles. The van der Waals surface area contributed by atoms with E-state index >= 15 is 0 Å². The molecule has 5 heteroatoms. The smallest absolute Gasteiger partial charge is 0.343 e. The highest BCUT2D eigenvalue weighted by molar-refractivity contribution is 6.22. The molecule has 1 heterocycles. The molecule has 132 valence electrons. The first-order valence-corrected chi connectivity index (χ1v) is 8.90. The number of imide groups is 1. The number of rotatable bonds is 3. The SMILES string of the molecule is O=C(Oc1ccc(N2C(=O)[C@@H]3CCCC[C@H]3C2=O)cc1)c1ccccc1. The normalized spacial score (nSPS) is 22.2. The molecule has 4 rings (SSSR count). The molecule has 0 N–H and O–H groups in total. The second-order valence-corrected chi connectivity index (χ2v) is 6.76. The van der Waals surface area contributed by atoms with Crippen LogP contribution in [0.25, 0.3) is 0 Å². The Labute approximate surface area is 151 Å². The lowest BCUT2D eigenvalue weighted by Gasteiger charge is -2.19. The maximum Gasteiger partial charge on any atom is 0.343 e. The van der Waals surface area contributed by atoms with E-state index in [4.69, 9.17) is 4.74 Å². The number of esters is 1. The summed E-state index contributed by atoms with van der Waals surface area (Å²) in [7, 11) is 0. The summed E-state index contributed by atoms with van der Waals surface area (Å²) in [6.07, 6.45) is 3.59. The molecular formula is C21H19NO4. The van der Waals surface area contributed by atoms with E-state index in [0.717, 1.165) is 25.7 Å². The van der Waals surface area contributed by atoms with Gasteiger partial charge in [0.25, 0.3) is 0 Å². The zero-order chi connectivity index (χ0) is 18.1. The lowest BCUT2D eigenvalue weighted by molar-refractivity contribution is -0.122. The van der Waals surface area contributed by atoms with Crippen molar-refractivity contribution in [2.45, 2.75) is 25.7 Å². The first-order valence-electron chi connectivity index (χ1n) is 8.90. The fraction of sp³-hybridized carbons (Fsp3) is 0.286. The molecule has 5 nitrogen and oxygen atoms in total. The van der Waals surface area contributed by atoms with Crippen LogP contribution in [-0.4, -0.2) is 17.8 Å². The number of amides is 2. The van der Waals surface area contributed by atoms with E-state index in [1.54, 1.807) is 48.5 Å². The third-order valence-corrected chi connectivity index (χ3v) is 5.16. The van der Waals surface area contributed by atoms with Gasteiger partial charge in [-0.3, -0.25) is 14.5 Å². The Hall–Kier alpha value is -2.95. The van der Waals surface area contributed by atoms with Gasteiger partial charge in [0.15, 0.2) is 0 Å². The van der Waals surface area contributed by atoms with Crippen molar-refractivity contribution >= 4 is 23.5 Å². The maximum absolute atomic E-state index is 12.6. The van der Waals surface area contributed by atoms with Gasteiger partial charge in [-0.1, -0.05) is 31.0 Å². The van der Waals surface area contributed by atoms with Crippen molar-refractivity contribution in [3.8, 4) is 5.75 Å². The van der Waals surface area contributed by atoms with Gasteiger partial charge < -0.3 is 4.74 Å². The molecule has 0 spiro atoms. The average molecular weight is 349 g/mol. The third kappa shape index (κ3) is 2.90. The molecule has 1 saturated carbocycles. The minimum absolute atomic E-state index is 0.103. The van der Waals surface area contributed by atoms with E-state index in [-0.39, 0.29) is 23.7 Å². The van der Waals surface area contributed by atoms with Crippen molar-refractivity contribution in [3.63, 3.8) is 0 Å². The second kappa shape index (κ2) is 6.75. The number of nitrogens with zero attached hydrogens (tertiary/aromatic N) is 1. The van der Waals surface area contributed by atoms with Gasteiger partial charge in [0.05, 0.1) is 23.1 Å². The lowest BCUT2D eigenvalue weighted by Crippen LogP contribution is -2.30. The highest BCUT2D eigenvalue weighted by Crippen LogP contribution is 2.40. The second-order valence-electron chi connectivity index (χ2n) is 6.76. The third-order valence-electron chi connectivity index (χ3n) is 5.16. The largest absolute Gasteiger partial charge is 0.423 e. The van der Waals surface area contributed by atoms with E-state index in [1.807, 2.05) is 6.07 Å². The molecule has 2 aromatic rings. The zero-order valence-corrected chi connectivity index (χ0v) is 14.3. The van der Waals surface area contributed by atoms with Crippen LogP contribution in [0.4, 0.5) is 5.69 Å². The van der Waals surface area contributed by atoms with Crippen LogP contribution in [0, 0.1) is 11.8 Å². The molecule has 1 saturated heterocycles. The lowest BCUT2D eigenvalue weighted by atomic mass is 9.81. The Balaban J connectivity index is 1.50. The summed E-state index contributed by atoms with van der Waals surface area (Å²) in [5.41, 5.74) is 1.000. The number of anilines is 1. The first kappa shape index (κ1) is 16.5. The summed E-state index contributed by atoms with van der Waals surface area (Å²) in [5.74, 6) is -0.627. The zero-order valence-electron chi connectivity index (χ0n) is 14.3. The van der Waals surface area contributed by atoms with Crippen LogP contribution >= 0.6 is 0 Å². The molecule has 26 heavy (non-hydrogen) atoms. The quantitative estimate of drug-likeness (QED) is 0.483. The Kier molecular flexibility index (Phi) is 4.29. The number of hydrogen-bond donors (Lipinski definition) is 0. The van der Waals surface area contributed by atoms with Gasteiger partial charge in [-0.25, -0.2) is 4.79 Å². The van der Waals surface area contributed by atoms with Gasteiger partial charge >= 0.3 is 5.97 Å². The molecule has 2 amide bonds. The van der Waals surface area contributed by atoms with Crippen molar-refractivity contribution in [2.75, 3.05) is 4.90 Å². The molecule has 2 aromatic carbocycles. The van der Waals surface area contributed by atoms with Crippen molar-refractivity contribution in [3.05, 3.63) is 60.2 Å². The van der Waals surface area contributed by atoms with E-state index in [2.05, 4.69) is 0 Å². The summed E-state index contributed by atoms with van der Waals surface area (Å²) < 4.78 is 5.34. The highest BCUT2D eigenvalue weighted by Gasteiger charge is 2.48. The summed E-state index contributed by atoms with van der Waals surface area (Å²) in [6.45, 7) is 0. The molecule has 1 aliphatic carbocycles. The van der Waals surface area contributed by atoms with E-state index in [9.17, 15) is 14.4 Å². The number of fused-ring (bicyclic) bond motifs is 1. The topological polar surface area (TPSA) is 63.7 Å². The summed E-state index contributed by atoms with van der Waals surface area (Å²) in [4.78, 5) is 38.6. The van der Waals surface area contributed by atoms with Crippen LogP contribution in [-0.2, 0) is 9.59 Å². The molecule has 0 aromatic heterocycles. The van der Waals surface area contributed by atoms with Crippen molar-refractivity contribution < 1.29 is 19.1 Å². The number of carbonyl (C=O) groups is 3. The van der Waals surface area contributed by atoms with Crippen LogP contribution in [0.3, 0.4) is 0 Å². The van der Waals surface area contributed by atoms with Crippen LogP contribution in [0.2, 0.25) is 0 Å². The molecular weight excluding hydrogens is 330 g/mol. The van der Waals surface area contributed by atoms with E-state index < -0.39 is 5.97 Å². The van der Waals surface area contributed by atoms with E-state index in [1.165, 1.54) is 4.90 Å². The first-order chi connectivity index (χ1) is 12.6. The van der Waals surface area contributed by atoms with E-state index in [0.29, 0.717) is 17.0 Å². The Morgan fingerprint density at radius 2 is 1.42 bits per heavy atom. The molecule has 0 bridgehead atoms. The number of hydrogen-bond acceptors (Lipinski definition) is 4. The minimum atomic E-state index is -0.447. The molecule has 2 fully saturated rings. The van der Waals surface area contributed by atoms with Crippen LogP contribution in [0.1, 0.15) is 36.0 Å². The monoisotopic (exact) mass is 349 g/mol. The fourth-order valence-electron chi connectivity index (χ4n) is 3.82. The van der Waals surface area contributed by atoms with Crippen LogP contribution in [0.5, 0.6) is 5.75 Å². The van der Waals surface area contributed by atoms with Gasteiger partial charge in [0.2, 0.25) is 11.8 Å². The predicted molar refractivity (Wildman–Crippen MR) is 95.8 cm³/mol. The summed E-state index contributed by atoms with van der Waals surface area (Å²) in [5, 5.41) is 0. The van der Waals surface area contributed by atoms with Crippen molar-refractivity contribution in [1.29, 1.82) is 0 Å². The van der Waals surface area contributed by atoms with Crippen LogP contribution in [0.15, 0.2) is 54.6 Å². The minimum Gasteiger partial charge on any atom is -0.423 e. The Morgan fingerprint density at radius 3 is 2.00 bits per heavy atom. The van der Waals surface area contributed by atoms with Gasteiger partial charge in [-0.05, 0) is 49.2 Å². The maximum atomic E-state index is 12.6. The molecule has 2 aliphatic rings. The van der Waals surface area contributed by atoms with Crippen molar-refractivity contribution in [2.24, 2.45) is 11.8 Å². The summed E-state index contributed by atoms with van der Waals surface area (Å²) >= 11 is 0. The van der Waals surface area contributed by atoms with Gasteiger partial charge in [0.1, 0.15) is 5.75 Å². The van der Waals surface area contributed by atoms with Gasteiger partial charge in [-0.15, -0.1) is 0 Å². The number of carbonyl (C=O) groups excluding carboxylic acids is 3.